The number of carboxylic acid groups (broad SMARTS) is 1. The van der Waals surface area contributed by atoms with Gasteiger partial charge in [0.15, 0.2) is 0 Å². The first-order valence-corrected chi connectivity index (χ1v) is 7.25. The maximum atomic E-state index is 11.9. The zero-order chi connectivity index (χ0) is 15.1. The van der Waals surface area contributed by atoms with E-state index >= 15 is 0 Å². The number of thioether (sulfide) groups is 1. The maximum Gasteiger partial charge on any atom is 0.331 e. The van der Waals surface area contributed by atoms with Crippen molar-refractivity contribution in [3.63, 3.8) is 0 Å². The first-order chi connectivity index (χ1) is 9.45. The van der Waals surface area contributed by atoms with E-state index in [1.54, 1.807) is 18.8 Å². The summed E-state index contributed by atoms with van der Waals surface area (Å²) in [4.78, 5) is 25.1. The summed E-state index contributed by atoms with van der Waals surface area (Å²) in [5, 5.41) is 11.3. The topological polar surface area (TPSA) is 69.6 Å². The number of carbonyl (C=O) groups excluding carboxylic acids is 1. The van der Waals surface area contributed by atoms with Crippen LogP contribution in [0.15, 0.2) is 41.3 Å². The van der Waals surface area contributed by atoms with Crippen LogP contribution in [0.4, 0.5) is 10.5 Å². The second kappa shape index (κ2) is 7.59. The summed E-state index contributed by atoms with van der Waals surface area (Å²) in [5.41, 5.74) is 0.865. The number of anilines is 1. The molecule has 0 radical (unpaired) electrons. The van der Waals surface area contributed by atoms with Crippen molar-refractivity contribution in [1.82, 2.24) is 5.32 Å². The number of urea groups is 1. The van der Waals surface area contributed by atoms with Crippen molar-refractivity contribution < 1.29 is 14.7 Å². The molecule has 0 aromatic heterocycles. The van der Waals surface area contributed by atoms with Gasteiger partial charge < -0.3 is 10.4 Å². The summed E-state index contributed by atoms with van der Waals surface area (Å²) in [6, 6.07) is 7.34. The molecule has 0 spiro atoms. The van der Waals surface area contributed by atoms with Gasteiger partial charge in [0.1, 0.15) is 0 Å². The molecule has 0 aliphatic carbocycles. The Balaban J connectivity index is 2.54. The molecule has 0 atom stereocenters. The lowest BCUT2D eigenvalue weighted by atomic mass is 10.2. The second-order valence-electron chi connectivity index (χ2n) is 4.15. The van der Waals surface area contributed by atoms with Crippen molar-refractivity contribution in [3.8, 4) is 0 Å². The molecule has 0 aliphatic heterocycles. The zero-order valence-electron chi connectivity index (χ0n) is 11.5. The third-order valence-electron chi connectivity index (χ3n) is 2.75. The van der Waals surface area contributed by atoms with Crippen LogP contribution in [-0.2, 0) is 4.79 Å². The van der Waals surface area contributed by atoms with Crippen LogP contribution in [0.5, 0.6) is 0 Å². The number of hydrogen-bond donors (Lipinski definition) is 2. The Morgan fingerprint density at radius 2 is 2.15 bits per heavy atom. The van der Waals surface area contributed by atoms with Crippen molar-refractivity contribution in [2.45, 2.75) is 11.3 Å². The molecule has 5 nitrogen and oxygen atoms in total. The van der Waals surface area contributed by atoms with Crippen LogP contribution in [-0.4, -0.2) is 37.0 Å². The van der Waals surface area contributed by atoms with Gasteiger partial charge in [-0.25, -0.2) is 9.59 Å². The second-order valence-corrected chi connectivity index (χ2v) is 5.03. The van der Waals surface area contributed by atoms with Gasteiger partial charge in [0.2, 0.25) is 0 Å². The van der Waals surface area contributed by atoms with E-state index in [4.69, 9.17) is 5.11 Å². The number of benzene rings is 1. The van der Waals surface area contributed by atoms with Gasteiger partial charge in [0.25, 0.3) is 0 Å². The summed E-state index contributed by atoms with van der Waals surface area (Å²) < 4.78 is 0. The molecule has 0 saturated heterocycles. The van der Waals surface area contributed by atoms with E-state index < -0.39 is 5.97 Å². The summed E-state index contributed by atoms with van der Waals surface area (Å²) >= 11 is 1.60. The molecular formula is C14H18N2O3S. The highest BCUT2D eigenvalue weighted by molar-refractivity contribution is 7.98. The minimum atomic E-state index is -1.04. The quantitative estimate of drug-likeness (QED) is 0.625. The molecule has 0 fully saturated rings. The van der Waals surface area contributed by atoms with Gasteiger partial charge in [-0.05, 0) is 30.9 Å². The van der Waals surface area contributed by atoms with E-state index in [0.29, 0.717) is 0 Å². The van der Waals surface area contributed by atoms with E-state index in [0.717, 1.165) is 10.6 Å². The molecule has 0 aliphatic rings. The fraction of sp³-hybridized carbons (Fsp3) is 0.286. The Morgan fingerprint density at radius 1 is 1.45 bits per heavy atom. The summed E-state index contributed by atoms with van der Waals surface area (Å²) in [7, 11) is 1.67. The molecule has 0 bridgehead atoms. The predicted octanol–water partition coefficient (Wildman–Crippen LogP) is 2.59. The number of carboxylic acids is 1. The van der Waals surface area contributed by atoms with E-state index in [9.17, 15) is 9.59 Å². The first-order valence-electron chi connectivity index (χ1n) is 6.02. The SMILES string of the molecule is C=C(CCNC(=O)N(C)c1cccc(SC)c1)C(=O)O. The van der Waals surface area contributed by atoms with Gasteiger partial charge in [-0.1, -0.05) is 12.6 Å². The van der Waals surface area contributed by atoms with Crippen molar-refractivity contribution in [2.24, 2.45) is 0 Å². The zero-order valence-corrected chi connectivity index (χ0v) is 12.4. The van der Waals surface area contributed by atoms with Crippen LogP contribution in [0.2, 0.25) is 0 Å². The highest BCUT2D eigenvalue weighted by Gasteiger charge is 2.11. The molecule has 0 unspecified atom stereocenters. The highest BCUT2D eigenvalue weighted by Crippen LogP contribution is 2.21. The van der Waals surface area contributed by atoms with Crippen LogP contribution in [0, 0.1) is 0 Å². The number of carbonyl (C=O) groups is 2. The average Bonchev–Trinajstić information content (AvgIpc) is 2.46. The molecule has 2 N–H and O–H groups in total. The summed E-state index contributed by atoms with van der Waals surface area (Å²) in [6.45, 7) is 3.66. The van der Waals surface area contributed by atoms with Gasteiger partial charge in [0.05, 0.1) is 0 Å². The predicted molar refractivity (Wildman–Crippen MR) is 81.4 cm³/mol. The van der Waals surface area contributed by atoms with Gasteiger partial charge in [-0.15, -0.1) is 11.8 Å². The van der Waals surface area contributed by atoms with Crippen LogP contribution in [0.3, 0.4) is 0 Å². The van der Waals surface area contributed by atoms with Crippen LogP contribution >= 0.6 is 11.8 Å². The van der Waals surface area contributed by atoms with Crippen LogP contribution in [0.1, 0.15) is 6.42 Å². The van der Waals surface area contributed by atoms with Gasteiger partial charge in [-0.3, -0.25) is 4.90 Å². The number of hydrogen-bond acceptors (Lipinski definition) is 3. The van der Waals surface area contributed by atoms with Crippen molar-refractivity contribution >= 4 is 29.4 Å². The van der Waals surface area contributed by atoms with E-state index in [1.165, 1.54) is 4.90 Å². The van der Waals surface area contributed by atoms with Crippen molar-refractivity contribution in [3.05, 3.63) is 36.4 Å². The van der Waals surface area contributed by atoms with Crippen molar-refractivity contribution in [1.29, 1.82) is 0 Å². The standard InChI is InChI=1S/C14H18N2O3S/c1-10(13(17)18)7-8-15-14(19)16(2)11-5-4-6-12(9-11)20-3/h4-6,9H,1,7-8H2,2-3H3,(H,15,19)(H,17,18). The number of amides is 2. The molecule has 2 amide bonds. The molecule has 20 heavy (non-hydrogen) atoms. The fourth-order valence-corrected chi connectivity index (χ4v) is 1.94. The van der Waals surface area contributed by atoms with Gasteiger partial charge in [0, 0.05) is 29.7 Å². The smallest absolute Gasteiger partial charge is 0.331 e. The number of nitrogens with one attached hydrogen (secondary N) is 1. The summed E-state index contributed by atoms with van der Waals surface area (Å²) in [6.07, 6.45) is 2.19. The molecule has 1 rings (SSSR count). The lowest BCUT2D eigenvalue weighted by molar-refractivity contribution is -0.132. The Hall–Kier alpha value is -1.95. The number of rotatable bonds is 6. The largest absolute Gasteiger partial charge is 0.478 e. The Labute approximate surface area is 122 Å². The molecule has 0 saturated carbocycles. The highest BCUT2D eigenvalue weighted by atomic mass is 32.2. The lowest BCUT2D eigenvalue weighted by Gasteiger charge is -2.18. The normalized spacial score (nSPS) is 9.90. The molecule has 1 aromatic carbocycles. The van der Waals surface area contributed by atoms with Crippen molar-refractivity contribution in [2.75, 3.05) is 24.7 Å². The molecule has 108 valence electrons. The van der Waals surface area contributed by atoms with E-state index in [1.807, 2.05) is 30.5 Å². The Bertz CT molecular complexity index is 517. The molecule has 1 aromatic rings. The molecule has 6 heteroatoms. The Kier molecular flexibility index (Phi) is 6.11. The molecule has 0 heterocycles. The fourth-order valence-electron chi connectivity index (χ4n) is 1.48. The van der Waals surface area contributed by atoms with Crippen LogP contribution < -0.4 is 10.2 Å². The minimum Gasteiger partial charge on any atom is -0.478 e. The maximum absolute atomic E-state index is 11.9. The average molecular weight is 294 g/mol. The third-order valence-corrected chi connectivity index (χ3v) is 3.48. The summed E-state index contributed by atoms with van der Waals surface area (Å²) in [5.74, 6) is -1.04. The third kappa shape index (κ3) is 4.62. The van der Waals surface area contributed by atoms with Gasteiger partial charge in [-0.2, -0.15) is 0 Å². The molecular weight excluding hydrogens is 276 g/mol. The first kappa shape index (κ1) is 16.1. The van der Waals surface area contributed by atoms with Gasteiger partial charge >= 0.3 is 12.0 Å². The minimum absolute atomic E-state index is 0.0809. The lowest BCUT2D eigenvalue weighted by Crippen LogP contribution is -2.38. The number of aliphatic carboxylic acids is 1. The number of nitrogens with zero attached hydrogens (tertiary/aromatic N) is 1. The van der Waals surface area contributed by atoms with Crippen LogP contribution in [0.25, 0.3) is 0 Å². The van der Waals surface area contributed by atoms with E-state index in [2.05, 4.69) is 11.9 Å². The Morgan fingerprint density at radius 3 is 2.75 bits per heavy atom. The monoisotopic (exact) mass is 294 g/mol. The van der Waals surface area contributed by atoms with E-state index in [-0.39, 0.29) is 24.6 Å².